The van der Waals surface area contributed by atoms with Crippen LogP contribution in [0.25, 0.3) is 0 Å². The van der Waals surface area contributed by atoms with Crippen molar-refractivity contribution in [3.63, 3.8) is 0 Å². The van der Waals surface area contributed by atoms with Crippen molar-refractivity contribution in [2.24, 2.45) is 10.7 Å². The molecular weight excluding hydrogens is 308 g/mol. The first kappa shape index (κ1) is 17.2. The molecule has 2 aromatic carbocycles. The molecule has 1 heterocycles. The monoisotopic (exact) mass is 334 g/mol. The quantitative estimate of drug-likeness (QED) is 0.726. The van der Waals surface area contributed by atoms with Gasteiger partial charge in [-0.2, -0.15) is 0 Å². The minimum atomic E-state index is -0.776. The summed E-state index contributed by atoms with van der Waals surface area (Å²) >= 11 is 0. The second-order valence-electron chi connectivity index (χ2n) is 6.41. The summed E-state index contributed by atoms with van der Waals surface area (Å²) in [6, 6.07) is 21.1. The van der Waals surface area contributed by atoms with Gasteiger partial charge in [-0.1, -0.05) is 67.6 Å². The van der Waals surface area contributed by atoms with Gasteiger partial charge < -0.3 is 10.6 Å². The highest BCUT2D eigenvalue weighted by molar-refractivity contribution is 5.73. The van der Waals surface area contributed by atoms with Crippen LogP contribution in [0, 0.1) is 0 Å². The maximum absolute atomic E-state index is 6.46. The topological polar surface area (TPSA) is 62.4 Å². The third-order valence-electron chi connectivity index (χ3n) is 4.47. The minimum absolute atomic E-state index is 0.241. The molecule has 0 aromatic heterocycles. The van der Waals surface area contributed by atoms with Crippen LogP contribution in [-0.2, 0) is 6.42 Å². The van der Waals surface area contributed by atoms with Crippen LogP contribution in [-0.4, -0.2) is 12.0 Å². The summed E-state index contributed by atoms with van der Waals surface area (Å²) in [4.78, 5) is 4.46. The smallest absolute Gasteiger partial charge is 0.183 e. The zero-order chi connectivity index (χ0) is 17.5. The van der Waals surface area contributed by atoms with Gasteiger partial charge in [-0.25, -0.2) is 0 Å². The Morgan fingerprint density at radius 1 is 1.08 bits per heavy atom. The number of nitrogens with zero attached hydrogens (tertiary/aromatic N) is 1. The van der Waals surface area contributed by atoms with Gasteiger partial charge in [0.15, 0.2) is 5.79 Å². The molecule has 4 nitrogen and oxygen atoms in total. The van der Waals surface area contributed by atoms with Crippen LogP contribution in [0.15, 0.2) is 77.6 Å². The van der Waals surface area contributed by atoms with E-state index in [9.17, 15) is 0 Å². The molecule has 25 heavy (non-hydrogen) atoms. The number of hydrogen-bond acceptors (Lipinski definition) is 4. The van der Waals surface area contributed by atoms with Gasteiger partial charge in [0, 0.05) is 12.6 Å². The predicted molar refractivity (Wildman–Crippen MR) is 104 cm³/mol. The van der Waals surface area contributed by atoms with Crippen LogP contribution in [0.1, 0.15) is 36.9 Å². The first-order valence-corrected chi connectivity index (χ1v) is 8.86. The van der Waals surface area contributed by atoms with Gasteiger partial charge in [0.2, 0.25) is 0 Å². The van der Waals surface area contributed by atoms with Crippen molar-refractivity contribution in [1.29, 1.82) is 0 Å². The Labute approximate surface area is 149 Å². The lowest BCUT2D eigenvalue weighted by molar-refractivity contribution is 0.336. The Morgan fingerprint density at radius 2 is 1.76 bits per heavy atom. The summed E-state index contributed by atoms with van der Waals surface area (Å²) in [5, 5.41) is 6.92. The van der Waals surface area contributed by atoms with E-state index in [1.54, 1.807) is 6.21 Å². The van der Waals surface area contributed by atoms with Gasteiger partial charge >= 0.3 is 0 Å². The van der Waals surface area contributed by atoms with E-state index in [1.165, 1.54) is 11.1 Å². The summed E-state index contributed by atoms with van der Waals surface area (Å²) in [6.07, 6.45) is 6.34. The van der Waals surface area contributed by atoms with Crippen molar-refractivity contribution in [3.05, 3.63) is 83.7 Å². The largest absolute Gasteiger partial charge is 0.365 e. The summed E-state index contributed by atoms with van der Waals surface area (Å²) < 4.78 is 0. The number of aryl methyl sites for hydroxylation is 1. The van der Waals surface area contributed by atoms with Crippen molar-refractivity contribution >= 4 is 6.21 Å². The first-order valence-electron chi connectivity index (χ1n) is 8.86. The Hall–Kier alpha value is -2.59. The Balaban J connectivity index is 1.62. The minimum Gasteiger partial charge on any atom is -0.365 e. The maximum Gasteiger partial charge on any atom is 0.183 e. The number of rotatable bonds is 7. The number of aliphatic imine (C=N–C) groups is 1. The predicted octanol–water partition coefficient (Wildman–Crippen LogP) is 3.49. The standard InChI is InChI=1S/C21H26N4/c1-2-19(18-11-7-4-8-12-18)24-20-14-16-23-21(22,25-20)15-13-17-9-5-3-6-10-17/h3-12,14,16,19,24-25H,2,13,15,22H2,1H3/t19-,21?/m0/s1. The molecule has 1 aliphatic heterocycles. The summed E-state index contributed by atoms with van der Waals surface area (Å²) in [5.74, 6) is 0.142. The van der Waals surface area contributed by atoms with Crippen molar-refractivity contribution < 1.29 is 0 Å². The number of allylic oxidation sites excluding steroid dienone is 1. The fourth-order valence-corrected chi connectivity index (χ4v) is 3.04. The molecule has 0 saturated heterocycles. The number of nitrogens with one attached hydrogen (secondary N) is 2. The molecule has 1 unspecified atom stereocenters. The molecule has 0 saturated carbocycles. The van der Waals surface area contributed by atoms with E-state index in [1.807, 2.05) is 18.2 Å². The molecule has 0 bridgehead atoms. The van der Waals surface area contributed by atoms with E-state index < -0.39 is 5.79 Å². The molecule has 0 radical (unpaired) electrons. The third-order valence-corrected chi connectivity index (χ3v) is 4.47. The molecular formula is C21H26N4. The SMILES string of the molecule is CC[C@H](NC1=CC=NC(N)(CCc2ccccc2)N1)c1ccccc1. The molecule has 0 amide bonds. The highest BCUT2D eigenvalue weighted by Gasteiger charge is 2.26. The molecule has 2 atom stereocenters. The second kappa shape index (κ2) is 7.99. The lowest BCUT2D eigenvalue weighted by atomic mass is 10.0. The number of nitrogens with two attached hydrogens (primary N) is 1. The molecule has 4 N–H and O–H groups in total. The summed E-state index contributed by atoms with van der Waals surface area (Å²) in [6.45, 7) is 2.17. The van der Waals surface area contributed by atoms with E-state index >= 15 is 0 Å². The van der Waals surface area contributed by atoms with Crippen molar-refractivity contribution in [2.45, 2.75) is 38.0 Å². The van der Waals surface area contributed by atoms with Gasteiger partial charge in [0.1, 0.15) is 5.82 Å². The molecule has 4 heteroatoms. The lowest BCUT2D eigenvalue weighted by Crippen LogP contribution is -2.55. The molecule has 0 aliphatic carbocycles. The van der Waals surface area contributed by atoms with Crippen LogP contribution in [0.5, 0.6) is 0 Å². The fraction of sp³-hybridized carbons (Fsp3) is 0.286. The van der Waals surface area contributed by atoms with E-state index in [2.05, 4.69) is 71.1 Å². The molecule has 0 fully saturated rings. The normalized spacial score (nSPS) is 20.5. The van der Waals surface area contributed by atoms with Crippen LogP contribution in [0.2, 0.25) is 0 Å². The van der Waals surface area contributed by atoms with E-state index in [4.69, 9.17) is 5.73 Å². The lowest BCUT2D eigenvalue weighted by Gasteiger charge is -2.33. The second-order valence-corrected chi connectivity index (χ2v) is 6.41. The van der Waals surface area contributed by atoms with Crippen molar-refractivity contribution in [2.75, 3.05) is 0 Å². The Morgan fingerprint density at radius 3 is 2.44 bits per heavy atom. The Bertz CT molecular complexity index is 724. The highest BCUT2D eigenvalue weighted by atomic mass is 15.3. The van der Waals surface area contributed by atoms with E-state index in [0.29, 0.717) is 0 Å². The van der Waals surface area contributed by atoms with Crippen LogP contribution in [0.4, 0.5) is 0 Å². The van der Waals surface area contributed by atoms with Crippen LogP contribution >= 0.6 is 0 Å². The average molecular weight is 334 g/mol. The molecule has 0 spiro atoms. The maximum atomic E-state index is 6.46. The van der Waals surface area contributed by atoms with Gasteiger partial charge in [-0.15, -0.1) is 0 Å². The molecule has 1 aliphatic rings. The van der Waals surface area contributed by atoms with Crippen molar-refractivity contribution in [3.8, 4) is 0 Å². The summed E-state index contributed by atoms with van der Waals surface area (Å²) in [5.41, 5.74) is 9.00. The van der Waals surface area contributed by atoms with Crippen molar-refractivity contribution in [1.82, 2.24) is 10.6 Å². The van der Waals surface area contributed by atoms with Crippen LogP contribution < -0.4 is 16.4 Å². The third kappa shape index (κ3) is 4.70. The number of hydrogen-bond donors (Lipinski definition) is 3. The molecule has 2 aromatic rings. The summed E-state index contributed by atoms with van der Waals surface area (Å²) in [7, 11) is 0. The van der Waals surface area contributed by atoms with Gasteiger partial charge in [0.05, 0.1) is 6.04 Å². The average Bonchev–Trinajstić information content (AvgIpc) is 2.66. The zero-order valence-corrected chi connectivity index (χ0v) is 14.7. The van der Waals surface area contributed by atoms with Gasteiger partial charge in [-0.05, 0) is 30.0 Å². The zero-order valence-electron chi connectivity index (χ0n) is 14.7. The highest BCUT2D eigenvalue weighted by Crippen LogP contribution is 2.19. The molecule has 130 valence electrons. The van der Waals surface area contributed by atoms with E-state index in [0.717, 1.165) is 25.1 Å². The Kier molecular flexibility index (Phi) is 5.51. The first-order chi connectivity index (χ1) is 12.2. The molecule has 3 rings (SSSR count). The number of benzene rings is 2. The fourth-order valence-electron chi connectivity index (χ4n) is 3.04. The van der Waals surface area contributed by atoms with Gasteiger partial charge in [0.25, 0.3) is 0 Å². The van der Waals surface area contributed by atoms with Crippen LogP contribution in [0.3, 0.4) is 0 Å². The van der Waals surface area contributed by atoms with Gasteiger partial charge in [-0.3, -0.25) is 10.7 Å². The van der Waals surface area contributed by atoms with E-state index in [-0.39, 0.29) is 6.04 Å².